The summed E-state index contributed by atoms with van der Waals surface area (Å²) in [4.78, 5) is 38.4. The van der Waals surface area contributed by atoms with Crippen molar-refractivity contribution in [2.45, 2.75) is 335 Å². The van der Waals surface area contributed by atoms with Crippen molar-refractivity contribution in [3.05, 3.63) is 122 Å². The Morgan fingerprint density at radius 1 is 0.241 bits per heavy atom. The highest BCUT2D eigenvalue weighted by atomic mass is 16.6. The standard InChI is InChI=1S/C77H130O6/c1-4-7-10-13-16-19-22-25-28-30-31-32-33-34-35-36-37-38-39-40-41-42-43-44-45-47-49-52-55-58-61-64-67-70-76(79)82-73-74(72-81-75(78)69-66-63-60-57-54-51-48-27-24-21-18-15-12-9-6-3)83-77(80)71-68-65-62-59-56-53-50-46-29-26-23-20-17-14-11-8-5-2/h7-12,16-21,25-29,31-32,48,74H,4-6,13-15,22-24,30,33-47,49-73H2,1-3H3/b10-7-,11-8-,12-9-,19-16-,20-17-,21-18-,28-25-,29-26-,32-31-,48-27-. The second-order valence-corrected chi connectivity index (χ2v) is 23.0. The van der Waals surface area contributed by atoms with E-state index in [1.807, 2.05) is 0 Å². The van der Waals surface area contributed by atoms with Gasteiger partial charge in [0.2, 0.25) is 0 Å². The highest BCUT2D eigenvalue weighted by Crippen LogP contribution is 2.17. The third-order valence-electron chi connectivity index (χ3n) is 14.9. The SMILES string of the molecule is CC/C=C\C/C=C\C/C=C\C/C=C\CCCCCCCCCCCCCCCCCCCCCCC(=O)OCC(COC(=O)CCCCCCC/C=C\C/C=C\C/C=C\CC)OC(=O)CCCCCCCCC/C=C\C/C=C\C/C=C\CC. The summed E-state index contributed by atoms with van der Waals surface area (Å²) < 4.78 is 16.9. The number of unbranched alkanes of at least 4 members (excludes halogenated alkanes) is 32. The second-order valence-electron chi connectivity index (χ2n) is 23.0. The number of carbonyl (C=O) groups is 3. The first-order valence-corrected chi connectivity index (χ1v) is 35.0. The third kappa shape index (κ3) is 68.5. The van der Waals surface area contributed by atoms with Gasteiger partial charge in [-0.2, -0.15) is 0 Å². The molecule has 0 aromatic carbocycles. The largest absolute Gasteiger partial charge is 0.462 e. The van der Waals surface area contributed by atoms with E-state index in [2.05, 4.69) is 142 Å². The molecule has 1 atom stereocenters. The van der Waals surface area contributed by atoms with Crippen LogP contribution >= 0.6 is 0 Å². The molecule has 0 radical (unpaired) electrons. The van der Waals surface area contributed by atoms with Gasteiger partial charge in [-0.15, -0.1) is 0 Å². The molecule has 0 spiro atoms. The van der Waals surface area contributed by atoms with E-state index in [0.717, 1.165) is 148 Å². The topological polar surface area (TPSA) is 78.9 Å². The molecule has 0 aliphatic carbocycles. The van der Waals surface area contributed by atoms with Gasteiger partial charge in [0.1, 0.15) is 13.2 Å². The van der Waals surface area contributed by atoms with Gasteiger partial charge in [-0.1, -0.05) is 309 Å². The number of allylic oxidation sites excluding steroid dienone is 20. The Morgan fingerprint density at radius 3 is 0.675 bits per heavy atom. The smallest absolute Gasteiger partial charge is 0.306 e. The quantitative estimate of drug-likeness (QED) is 0.0261. The third-order valence-corrected chi connectivity index (χ3v) is 14.9. The minimum Gasteiger partial charge on any atom is -0.462 e. The lowest BCUT2D eigenvalue weighted by atomic mass is 10.0. The van der Waals surface area contributed by atoms with Gasteiger partial charge in [0.25, 0.3) is 0 Å². The first kappa shape index (κ1) is 78.8. The van der Waals surface area contributed by atoms with E-state index in [4.69, 9.17) is 14.2 Å². The summed E-state index contributed by atoms with van der Waals surface area (Å²) in [6.45, 7) is 6.31. The van der Waals surface area contributed by atoms with E-state index in [1.54, 1.807) is 0 Å². The van der Waals surface area contributed by atoms with Gasteiger partial charge in [-0.25, -0.2) is 0 Å². The zero-order chi connectivity index (χ0) is 59.9. The van der Waals surface area contributed by atoms with Gasteiger partial charge in [-0.05, 0) is 122 Å². The molecule has 0 bridgehead atoms. The van der Waals surface area contributed by atoms with Gasteiger partial charge in [0.05, 0.1) is 0 Å². The van der Waals surface area contributed by atoms with E-state index in [0.29, 0.717) is 19.3 Å². The van der Waals surface area contributed by atoms with Crippen molar-refractivity contribution in [3.8, 4) is 0 Å². The van der Waals surface area contributed by atoms with Crippen LogP contribution in [-0.4, -0.2) is 37.2 Å². The van der Waals surface area contributed by atoms with Gasteiger partial charge in [0, 0.05) is 19.3 Å². The Kier molecular flexibility index (Phi) is 66.7. The van der Waals surface area contributed by atoms with E-state index in [1.165, 1.54) is 141 Å². The average Bonchev–Trinajstić information content (AvgIpc) is 3.49. The molecular weight excluding hydrogens is 1020 g/mol. The molecule has 0 heterocycles. The highest BCUT2D eigenvalue weighted by molar-refractivity contribution is 5.71. The van der Waals surface area contributed by atoms with Crippen LogP contribution in [-0.2, 0) is 28.6 Å². The highest BCUT2D eigenvalue weighted by Gasteiger charge is 2.19. The number of carbonyl (C=O) groups excluding carboxylic acids is 3. The second kappa shape index (κ2) is 70.3. The van der Waals surface area contributed by atoms with Gasteiger partial charge in [-0.3, -0.25) is 14.4 Å². The number of rotatable bonds is 63. The summed E-state index contributed by atoms with van der Waals surface area (Å²) in [6, 6.07) is 0. The molecule has 474 valence electrons. The Labute approximate surface area is 513 Å². The van der Waals surface area contributed by atoms with Crippen molar-refractivity contribution in [3.63, 3.8) is 0 Å². The van der Waals surface area contributed by atoms with Crippen LogP contribution in [0.15, 0.2) is 122 Å². The molecular formula is C77H130O6. The summed E-state index contributed by atoms with van der Waals surface area (Å²) in [5.41, 5.74) is 0. The molecule has 83 heavy (non-hydrogen) atoms. The summed E-state index contributed by atoms with van der Waals surface area (Å²) >= 11 is 0. The molecule has 6 nitrogen and oxygen atoms in total. The Hall–Kier alpha value is -4.19. The molecule has 1 unspecified atom stereocenters. The molecule has 0 rings (SSSR count). The van der Waals surface area contributed by atoms with Crippen LogP contribution in [0.25, 0.3) is 0 Å². The van der Waals surface area contributed by atoms with Gasteiger partial charge < -0.3 is 14.2 Å². The molecule has 6 heteroatoms. The maximum atomic E-state index is 12.9. The molecule has 0 aromatic rings. The maximum absolute atomic E-state index is 12.9. The zero-order valence-corrected chi connectivity index (χ0v) is 54.4. The van der Waals surface area contributed by atoms with E-state index >= 15 is 0 Å². The molecule has 0 N–H and O–H groups in total. The predicted octanol–water partition coefficient (Wildman–Crippen LogP) is 24.3. The van der Waals surface area contributed by atoms with Crippen LogP contribution in [0, 0.1) is 0 Å². The molecule has 0 amide bonds. The lowest BCUT2D eigenvalue weighted by molar-refractivity contribution is -0.167. The molecule has 0 saturated heterocycles. The molecule has 0 aliphatic rings. The van der Waals surface area contributed by atoms with Crippen LogP contribution in [0.3, 0.4) is 0 Å². The first-order chi connectivity index (χ1) is 41.0. The monoisotopic (exact) mass is 1150 g/mol. The van der Waals surface area contributed by atoms with Crippen LogP contribution in [0.2, 0.25) is 0 Å². The predicted molar refractivity (Wildman–Crippen MR) is 362 cm³/mol. The van der Waals surface area contributed by atoms with Crippen LogP contribution in [0.4, 0.5) is 0 Å². The zero-order valence-electron chi connectivity index (χ0n) is 54.4. The Morgan fingerprint density at radius 2 is 0.434 bits per heavy atom. The van der Waals surface area contributed by atoms with Gasteiger partial charge in [0.15, 0.2) is 6.10 Å². The number of hydrogen-bond acceptors (Lipinski definition) is 6. The lowest BCUT2D eigenvalue weighted by Crippen LogP contribution is -2.30. The molecule has 0 aromatic heterocycles. The van der Waals surface area contributed by atoms with Crippen molar-refractivity contribution in [1.82, 2.24) is 0 Å². The maximum Gasteiger partial charge on any atom is 0.306 e. The summed E-state index contributed by atoms with van der Waals surface area (Å²) in [5.74, 6) is -0.902. The van der Waals surface area contributed by atoms with Crippen molar-refractivity contribution < 1.29 is 28.6 Å². The number of esters is 3. The fraction of sp³-hybridized carbons (Fsp3) is 0.701. The van der Waals surface area contributed by atoms with E-state index < -0.39 is 6.10 Å². The Bertz CT molecular complexity index is 1700. The normalized spacial score (nSPS) is 12.9. The molecule has 0 fully saturated rings. The van der Waals surface area contributed by atoms with E-state index in [9.17, 15) is 14.4 Å². The summed E-state index contributed by atoms with van der Waals surface area (Å²) in [6.07, 6.45) is 98.1. The van der Waals surface area contributed by atoms with Crippen molar-refractivity contribution in [2.24, 2.45) is 0 Å². The van der Waals surface area contributed by atoms with Crippen molar-refractivity contribution in [1.29, 1.82) is 0 Å². The van der Waals surface area contributed by atoms with Gasteiger partial charge >= 0.3 is 17.9 Å². The first-order valence-electron chi connectivity index (χ1n) is 35.0. The minimum atomic E-state index is -0.793. The summed E-state index contributed by atoms with van der Waals surface area (Å²) in [7, 11) is 0. The lowest BCUT2D eigenvalue weighted by Gasteiger charge is -2.18. The number of ether oxygens (including phenoxy) is 3. The Balaban J connectivity index is 4.20. The van der Waals surface area contributed by atoms with E-state index in [-0.39, 0.29) is 31.1 Å². The van der Waals surface area contributed by atoms with Crippen molar-refractivity contribution >= 4 is 17.9 Å². The number of hydrogen-bond donors (Lipinski definition) is 0. The van der Waals surface area contributed by atoms with Crippen LogP contribution in [0.5, 0.6) is 0 Å². The fourth-order valence-corrected chi connectivity index (χ4v) is 9.82. The molecule has 0 aliphatic heterocycles. The fourth-order valence-electron chi connectivity index (χ4n) is 9.82. The van der Waals surface area contributed by atoms with Crippen LogP contribution in [0.1, 0.15) is 329 Å². The average molecular weight is 1150 g/mol. The summed E-state index contributed by atoms with van der Waals surface area (Å²) in [5, 5.41) is 0. The van der Waals surface area contributed by atoms with Crippen LogP contribution < -0.4 is 0 Å². The van der Waals surface area contributed by atoms with Crippen molar-refractivity contribution in [2.75, 3.05) is 13.2 Å². The molecule has 0 saturated carbocycles. The minimum absolute atomic E-state index is 0.0866.